The van der Waals surface area contributed by atoms with Gasteiger partial charge in [-0.15, -0.1) is 0 Å². The summed E-state index contributed by atoms with van der Waals surface area (Å²) in [6, 6.07) is 0. The Hall–Kier alpha value is -0.540. The van der Waals surface area contributed by atoms with Gasteiger partial charge in [-0.3, -0.25) is 0 Å². The first-order valence-electron chi connectivity index (χ1n) is 3.55. The first kappa shape index (κ1) is 16.9. The lowest BCUT2D eigenvalue weighted by Gasteiger charge is -2.09. The molecule has 0 bridgehead atoms. The predicted octanol–water partition coefficient (Wildman–Crippen LogP) is 1.10. The second kappa shape index (κ2) is 7.71. The fourth-order valence-electron chi connectivity index (χ4n) is 0.282. The standard InChI is InChI=1S/C4H4F6O.C2H6O2/c5-3(6,7)1-11-2-4(8,9)10;3-1-2-4/h1-2H2;3-4H,1-2H2. The van der Waals surface area contributed by atoms with Gasteiger partial charge in [0.1, 0.15) is 13.2 Å². The molecule has 0 saturated carbocycles. The zero-order chi connectivity index (χ0) is 12.5. The van der Waals surface area contributed by atoms with Crippen LogP contribution in [0.3, 0.4) is 0 Å². The molecule has 15 heavy (non-hydrogen) atoms. The van der Waals surface area contributed by atoms with Crippen molar-refractivity contribution >= 4 is 0 Å². The van der Waals surface area contributed by atoms with Gasteiger partial charge in [-0.2, -0.15) is 26.3 Å². The highest BCUT2D eigenvalue weighted by Crippen LogP contribution is 2.18. The lowest BCUT2D eigenvalue weighted by Crippen LogP contribution is -2.23. The van der Waals surface area contributed by atoms with Gasteiger partial charge in [-0.05, 0) is 0 Å². The molecule has 0 heterocycles. The lowest BCUT2D eigenvalue weighted by molar-refractivity contribution is -0.219. The molecule has 0 aliphatic rings. The Labute approximate surface area is 81.3 Å². The molecule has 0 fully saturated rings. The monoisotopic (exact) mass is 244 g/mol. The van der Waals surface area contributed by atoms with E-state index in [1.54, 1.807) is 0 Å². The van der Waals surface area contributed by atoms with Crippen LogP contribution in [-0.4, -0.2) is 49.0 Å². The molecule has 0 aromatic carbocycles. The first-order valence-corrected chi connectivity index (χ1v) is 3.55. The number of ether oxygens (including phenoxy) is 1. The third kappa shape index (κ3) is 24.7. The van der Waals surface area contributed by atoms with E-state index in [1.807, 2.05) is 0 Å². The fourth-order valence-corrected chi connectivity index (χ4v) is 0.282. The number of halogens is 6. The minimum Gasteiger partial charge on any atom is -0.394 e. The van der Waals surface area contributed by atoms with Crippen LogP contribution in [0.1, 0.15) is 0 Å². The van der Waals surface area contributed by atoms with Crippen LogP contribution in [0.15, 0.2) is 0 Å². The number of alkyl halides is 6. The summed E-state index contributed by atoms with van der Waals surface area (Å²) in [4.78, 5) is 0. The Kier molecular flexibility index (Phi) is 8.68. The molecule has 0 aliphatic carbocycles. The molecule has 0 aromatic rings. The topological polar surface area (TPSA) is 49.7 Å². The molecule has 0 radical (unpaired) electrons. The molecule has 94 valence electrons. The molecule has 3 nitrogen and oxygen atoms in total. The van der Waals surface area contributed by atoms with Crippen molar-refractivity contribution in [3.63, 3.8) is 0 Å². The summed E-state index contributed by atoms with van der Waals surface area (Å²) in [7, 11) is 0. The van der Waals surface area contributed by atoms with Crippen LogP contribution < -0.4 is 0 Å². The van der Waals surface area contributed by atoms with Crippen molar-refractivity contribution in [2.45, 2.75) is 12.4 Å². The molecule has 0 rings (SSSR count). The summed E-state index contributed by atoms with van der Waals surface area (Å²) in [5, 5.41) is 15.2. The highest BCUT2D eigenvalue weighted by Gasteiger charge is 2.32. The summed E-state index contributed by atoms with van der Waals surface area (Å²) < 4.78 is 70.1. The zero-order valence-electron chi connectivity index (χ0n) is 7.40. The summed E-state index contributed by atoms with van der Waals surface area (Å²) >= 11 is 0. The Morgan fingerprint density at radius 1 is 0.733 bits per heavy atom. The van der Waals surface area contributed by atoms with Crippen LogP contribution in [0.2, 0.25) is 0 Å². The van der Waals surface area contributed by atoms with Crippen LogP contribution in [-0.2, 0) is 4.74 Å². The van der Waals surface area contributed by atoms with Crippen LogP contribution in [0.25, 0.3) is 0 Å². The van der Waals surface area contributed by atoms with E-state index in [2.05, 4.69) is 4.74 Å². The van der Waals surface area contributed by atoms with Gasteiger partial charge in [0.2, 0.25) is 0 Å². The Morgan fingerprint density at radius 2 is 1.00 bits per heavy atom. The minimum atomic E-state index is -4.70. The van der Waals surface area contributed by atoms with E-state index in [0.717, 1.165) is 0 Å². The van der Waals surface area contributed by atoms with Gasteiger partial charge < -0.3 is 14.9 Å². The summed E-state index contributed by atoms with van der Waals surface area (Å²) in [6.45, 7) is -3.99. The number of aliphatic hydroxyl groups is 2. The third-order valence-electron chi connectivity index (χ3n) is 0.631. The quantitative estimate of drug-likeness (QED) is 0.731. The van der Waals surface area contributed by atoms with Crippen molar-refractivity contribution in [1.29, 1.82) is 0 Å². The van der Waals surface area contributed by atoms with Crippen molar-refractivity contribution < 1.29 is 41.3 Å². The lowest BCUT2D eigenvalue weighted by atomic mass is 10.6. The molecular weight excluding hydrogens is 234 g/mol. The molecular formula is C6H10F6O3. The van der Waals surface area contributed by atoms with Crippen molar-refractivity contribution in [2.75, 3.05) is 26.4 Å². The number of aliphatic hydroxyl groups excluding tert-OH is 2. The number of hydrogen-bond acceptors (Lipinski definition) is 3. The molecule has 2 N–H and O–H groups in total. The second-order valence-corrected chi connectivity index (χ2v) is 2.17. The SMILES string of the molecule is FC(F)(F)COCC(F)(F)F.OCCO. The van der Waals surface area contributed by atoms with E-state index in [1.165, 1.54) is 0 Å². The molecule has 0 unspecified atom stereocenters. The predicted molar refractivity (Wildman–Crippen MR) is 37.1 cm³/mol. The fraction of sp³-hybridized carbons (Fsp3) is 1.00. The first-order chi connectivity index (χ1) is 6.62. The third-order valence-corrected chi connectivity index (χ3v) is 0.631. The van der Waals surface area contributed by atoms with Gasteiger partial charge in [0, 0.05) is 0 Å². The van der Waals surface area contributed by atoms with Gasteiger partial charge in [0.05, 0.1) is 13.2 Å². The van der Waals surface area contributed by atoms with E-state index in [-0.39, 0.29) is 13.2 Å². The molecule has 0 saturated heterocycles. The van der Waals surface area contributed by atoms with Crippen molar-refractivity contribution in [3.05, 3.63) is 0 Å². The normalized spacial score (nSPS) is 12.0. The van der Waals surface area contributed by atoms with Crippen molar-refractivity contribution in [1.82, 2.24) is 0 Å². The highest BCUT2D eigenvalue weighted by molar-refractivity contribution is 4.49. The molecule has 0 aliphatic heterocycles. The summed E-state index contributed by atoms with van der Waals surface area (Å²) in [6.07, 6.45) is -9.41. The van der Waals surface area contributed by atoms with Crippen molar-refractivity contribution in [3.8, 4) is 0 Å². The van der Waals surface area contributed by atoms with E-state index in [9.17, 15) is 26.3 Å². The minimum absolute atomic E-state index is 0.125. The number of rotatable bonds is 3. The van der Waals surface area contributed by atoms with E-state index in [4.69, 9.17) is 10.2 Å². The molecule has 0 aromatic heterocycles. The Bertz CT molecular complexity index is 127. The van der Waals surface area contributed by atoms with Gasteiger partial charge in [0.25, 0.3) is 0 Å². The summed E-state index contributed by atoms with van der Waals surface area (Å²) in [5.74, 6) is 0. The van der Waals surface area contributed by atoms with Gasteiger partial charge in [0.15, 0.2) is 0 Å². The van der Waals surface area contributed by atoms with Crippen LogP contribution in [0.5, 0.6) is 0 Å². The maximum absolute atomic E-state index is 11.1. The highest BCUT2D eigenvalue weighted by atomic mass is 19.4. The smallest absolute Gasteiger partial charge is 0.394 e. The maximum atomic E-state index is 11.1. The van der Waals surface area contributed by atoms with Crippen molar-refractivity contribution in [2.24, 2.45) is 0 Å². The average Bonchev–Trinajstić information content (AvgIpc) is 2.00. The van der Waals surface area contributed by atoms with Gasteiger partial charge in [-0.1, -0.05) is 0 Å². The largest absolute Gasteiger partial charge is 0.411 e. The van der Waals surface area contributed by atoms with E-state index >= 15 is 0 Å². The second-order valence-electron chi connectivity index (χ2n) is 2.17. The van der Waals surface area contributed by atoms with Crippen LogP contribution in [0, 0.1) is 0 Å². The van der Waals surface area contributed by atoms with Gasteiger partial charge >= 0.3 is 12.4 Å². The van der Waals surface area contributed by atoms with Gasteiger partial charge in [-0.25, -0.2) is 0 Å². The Balaban J connectivity index is 0. The molecule has 0 amide bonds. The molecule has 9 heteroatoms. The average molecular weight is 244 g/mol. The van der Waals surface area contributed by atoms with Crippen LogP contribution >= 0.6 is 0 Å². The van der Waals surface area contributed by atoms with Crippen LogP contribution in [0.4, 0.5) is 26.3 Å². The zero-order valence-corrected chi connectivity index (χ0v) is 7.40. The maximum Gasteiger partial charge on any atom is 0.411 e. The molecule has 0 atom stereocenters. The van der Waals surface area contributed by atoms with E-state index < -0.39 is 25.6 Å². The van der Waals surface area contributed by atoms with E-state index in [0.29, 0.717) is 0 Å². The molecule has 0 spiro atoms. The number of hydrogen-bond donors (Lipinski definition) is 2. The Morgan fingerprint density at radius 3 is 1.13 bits per heavy atom. The summed E-state index contributed by atoms with van der Waals surface area (Å²) in [5.41, 5.74) is 0.